The van der Waals surface area contributed by atoms with E-state index >= 15 is 0 Å². The van der Waals surface area contributed by atoms with E-state index in [9.17, 15) is 0 Å². The van der Waals surface area contributed by atoms with Crippen LogP contribution in [0.3, 0.4) is 0 Å². The zero-order chi connectivity index (χ0) is 15.5. The van der Waals surface area contributed by atoms with Gasteiger partial charge in [-0.05, 0) is 46.2 Å². The minimum absolute atomic E-state index is 0.588. The van der Waals surface area contributed by atoms with E-state index < -0.39 is 0 Å². The van der Waals surface area contributed by atoms with Gasteiger partial charge in [0.2, 0.25) is 0 Å². The Morgan fingerprint density at radius 2 is 1.55 bits per heavy atom. The molecule has 1 unspecified atom stereocenters. The Morgan fingerprint density at radius 1 is 0.864 bits per heavy atom. The van der Waals surface area contributed by atoms with Crippen LogP contribution >= 0.6 is 0 Å². The molecule has 0 N–H and O–H groups in total. The average Bonchev–Trinajstić information content (AvgIpc) is 2.94. The zero-order valence-corrected chi connectivity index (χ0v) is 13.9. The molecule has 0 saturated heterocycles. The van der Waals surface area contributed by atoms with Gasteiger partial charge in [0.05, 0.1) is 0 Å². The predicted molar refractivity (Wildman–Crippen MR) is 96.6 cm³/mol. The molecule has 0 saturated carbocycles. The Bertz CT molecular complexity index is 678. The largest absolute Gasteiger partial charge is 0.0651 e. The first-order valence-electron chi connectivity index (χ1n) is 8.52. The maximum atomic E-state index is 2.39. The molecule has 0 bridgehead atoms. The highest BCUT2D eigenvalue weighted by Crippen LogP contribution is 2.46. The Morgan fingerprint density at radius 3 is 2.27 bits per heavy atom. The highest BCUT2D eigenvalue weighted by Gasteiger charge is 2.31. The smallest absolute Gasteiger partial charge is 0.0380 e. The number of fused-ring (bicyclic) bond motifs is 1. The second-order valence-corrected chi connectivity index (χ2v) is 6.28. The van der Waals surface area contributed by atoms with Crippen LogP contribution in [-0.2, 0) is 6.42 Å². The molecule has 0 heterocycles. The summed E-state index contributed by atoms with van der Waals surface area (Å²) < 4.78 is 0. The third-order valence-electron chi connectivity index (χ3n) is 4.77. The molecule has 2 aromatic carbocycles. The number of benzene rings is 2. The standard InChI is InChI=1S/C22H25/c1-4-10-17-11-6-8-13-19(17)21-15-18-12-7-9-14-20(18)22(21)16(3)5-2/h6-9,11-16H,4-5,10H2,1-3H3. The van der Waals surface area contributed by atoms with Gasteiger partial charge in [-0.1, -0.05) is 82.1 Å². The molecule has 22 heavy (non-hydrogen) atoms. The topological polar surface area (TPSA) is 0 Å². The molecular weight excluding hydrogens is 264 g/mol. The Kier molecular flexibility index (Phi) is 4.47. The summed E-state index contributed by atoms with van der Waals surface area (Å²) in [5.74, 6) is 2.12. The minimum Gasteiger partial charge on any atom is -0.0651 e. The highest BCUT2D eigenvalue weighted by atomic mass is 14.3. The van der Waals surface area contributed by atoms with Crippen molar-refractivity contribution >= 4 is 11.6 Å². The van der Waals surface area contributed by atoms with Gasteiger partial charge in [0.15, 0.2) is 0 Å². The molecular formula is C22H25. The van der Waals surface area contributed by atoms with Gasteiger partial charge in [-0.15, -0.1) is 0 Å². The van der Waals surface area contributed by atoms with Crippen LogP contribution in [0.15, 0.2) is 48.5 Å². The van der Waals surface area contributed by atoms with Crippen LogP contribution in [0.2, 0.25) is 0 Å². The van der Waals surface area contributed by atoms with Crippen molar-refractivity contribution in [1.82, 2.24) is 0 Å². The van der Waals surface area contributed by atoms with E-state index in [4.69, 9.17) is 0 Å². The fourth-order valence-corrected chi connectivity index (χ4v) is 3.47. The summed E-state index contributed by atoms with van der Waals surface area (Å²) in [5, 5.41) is 0. The van der Waals surface area contributed by atoms with Gasteiger partial charge in [0.1, 0.15) is 0 Å². The summed E-state index contributed by atoms with van der Waals surface area (Å²) in [5.41, 5.74) is 7.15. The fourth-order valence-electron chi connectivity index (χ4n) is 3.47. The average molecular weight is 289 g/mol. The second kappa shape index (κ2) is 6.52. The number of aryl methyl sites for hydroxylation is 1. The lowest BCUT2D eigenvalue weighted by Crippen LogP contribution is -2.11. The molecule has 113 valence electrons. The van der Waals surface area contributed by atoms with E-state index in [0.717, 1.165) is 6.42 Å². The number of allylic oxidation sites excluding steroid dienone is 1. The van der Waals surface area contributed by atoms with Crippen molar-refractivity contribution in [2.45, 2.75) is 40.0 Å². The molecule has 0 nitrogen and oxygen atoms in total. The maximum absolute atomic E-state index is 2.39. The van der Waals surface area contributed by atoms with E-state index in [1.807, 2.05) is 0 Å². The summed E-state index contributed by atoms with van der Waals surface area (Å²) >= 11 is 0. The Hall–Kier alpha value is -1.82. The van der Waals surface area contributed by atoms with Crippen LogP contribution in [-0.4, -0.2) is 0 Å². The zero-order valence-electron chi connectivity index (χ0n) is 13.9. The van der Waals surface area contributed by atoms with Crippen LogP contribution in [0.25, 0.3) is 11.6 Å². The van der Waals surface area contributed by atoms with Crippen LogP contribution in [0.1, 0.15) is 55.9 Å². The van der Waals surface area contributed by atoms with Gasteiger partial charge in [-0.3, -0.25) is 0 Å². The SMILES string of the molecule is CCCc1ccccc1C1=Cc2ccccc2[C]1C(C)CC. The van der Waals surface area contributed by atoms with Gasteiger partial charge in [0.25, 0.3) is 0 Å². The van der Waals surface area contributed by atoms with Crippen molar-refractivity contribution in [2.24, 2.45) is 5.92 Å². The molecule has 0 heteroatoms. The number of hydrogen-bond donors (Lipinski definition) is 0. The summed E-state index contributed by atoms with van der Waals surface area (Å²) in [6, 6.07) is 17.8. The van der Waals surface area contributed by atoms with Crippen molar-refractivity contribution in [3.8, 4) is 0 Å². The van der Waals surface area contributed by atoms with E-state index in [-0.39, 0.29) is 0 Å². The minimum atomic E-state index is 0.588. The second-order valence-electron chi connectivity index (χ2n) is 6.28. The molecule has 3 rings (SSSR count). The first-order valence-corrected chi connectivity index (χ1v) is 8.52. The third-order valence-corrected chi connectivity index (χ3v) is 4.77. The highest BCUT2D eigenvalue weighted by molar-refractivity contribution is 5.99. The normalized spacial score (nSPS) is 15.5. The third kappa shape index (κ3) is 2.63. The van der Waals surface area contributed by atoms with Crippen molar-refractivity contribution in [3.05, 3.63) is 76.7 Å². The Balaban J connectivity index is 2.10. The van der Waals surface area contributed by atoms with Crippen LogP contribution in [0, 0.1) is 11.8 Å². The van der Waals surface area contributed by atoms with E-state index in [2.05, 4.69) is 75.4 Å². The molecule has 1 atom stereocenters. The molecule has 1 aliphatic carbocycles. The fraction of sp³-hybridized carbons (Fsp3) is 0.318. The monoisotopic (exact) mass is 289 g/mol. The van der Waals surface area contributed by atoms with E-state index in [0.29, 0.717) is 5.92 Å². The Labute approximate surface area is 134 Å². The lowest BCUT2D eigenvalue weighted by Gasteiger charge is -2.24. The molecule has 0 aliphatic heterocycles. The van der Waals surface area contributed by atoms with E-state index in [1.165, 1.54) is 46.6 Å². The van der Waals surface area contributed by atoms with Crippen LogP contribution in [0.4, 0.5) is 0 Å². The lowest BCUT2D eigenvalue weighted by atomic mass is 9.79. The van der Waals surface area contributed by atoms with Crippen molar-refractivity contribution in [2.75, 3.05) is 0 Å². The molecule has 2 aromatic rings. The van der Waals surface area contributed by atoms with Crippen molar-refractivity contribution in [1.29, 1.82) is 0 Å². The van der Waals surface area contributed by atoms with Gasteiger partial charge < -0.3 is 0 Å². The number of rotatable bonds is 5. The first kappa shape index (κ1) is 15.1. The van der Waals surface area contributed by atoms with Crippen LogP contribution in [0.5, 0.6) is 0 Å². The van der Waals surface area contributed by atoms with Crippen molar-refractivity contribution < 1.29 is 0 Å². The van der Waals surface area contributed by atoms with Crippen molar-refractivity contribution in [3.63, 3.8) is 0 Å². The van der Waals surface area contributed by atoms with Gasteiger partial charge in [-0.25, -0.2) is 0 Å². The summed E-state index contributed by atoms with van der Waals surface area (Å²) in [6.45, 7) is 6.90. The van der Waals surface area contributed by atoms with Gasteiger partial charge in [0, 0.05) is 5.92 Å². The van der Waals surface area contributed by atoms with Gasteiger partial charge in [-0.2, -0.15) is 0 Å². The molecule has 0 aromatic heterocycles. The molecule has 0 fully saturated rings. The quantitative estimate of drug-likeness (QED) is 0.618. The molecule has 0 spiro atoms. The summed E-state index contributed by atoms with van der Waals surface area (Å²) in [4.78, 5) is 0. The predicted octanol–water partition coefficient (Wildman–Crippen LogP) is 6.16. The van der Waals surface area contributed by atoms with Crippen LogP contribution < -0.4 is 0 Å². The number of hydrogen-bond acceptors (Lipinski definition) is 0. The molecule has 1 radical (unpaired) electrons. The molecule has 0 amide bonds. The summed E-state index contributed by atoms with van der Waals surface area (Å²) in [7, 11) is 0. The first-order chi connectivity index (χ1) is 10.8. The van der Waals surface area contributed by atoms with Gasteiger partial charge >= 0.3 is 0 Å². The molecule has 1 aliphatic rings. The maximum Gasteiger partial charge on any atom is 0.0380 e. The van der Waals surface area contributed by atoms with E-state index in [1.54, 1.807) is 0 Å². The summed E-state index contributed by atoms with van der Waals surface area (Å²) in [6.07, 6.45) is 5.91. The lowest BCUT2D eigenvalue weighted by molar-refractivity contribution is 0.626.